The highest BCUT2D eigenvalue weighted by molar-refractivity contribution is 7.89. The average molecular weight is 312 g/mol. The molecule has 2 rings (SSSR count). The van der Waals surface area contributed by atoms with E-state index in [-0.39, 0.29) is 6.04 Å². The summed E-state index contributed by atoms with van der Waals surface area (Å²) in [5.74, 6) is 0.732. The molecule has 5 nitrogen and oxygen atoms in total. The van der Waals surface area contributed by atoms with Crippen LogP contribution in [-0.4, -0.2) is 46.6 Å². The minimum Gasteiger partial charge on any atom is -0.496 e. The normalized spacial score (nSPS) is 17.9. The van der Waals surface area contributed by atoms with Crippen LogP contribution in [0.2, 0.25) is 0 Å². The summed E-state index contributed by atoms with van der Waals surface area (Å²) in [6.07, 6.45) is 2.44. The zero-order chi connectivity index (χ0) is 15.5. The molecule has 6 heteroatoms. The van der Waals surface area contributed by atoms with Crippen molar-refractivity contribution >= 4 is 10.0 Å². The van der Waals surface area contributed by atoms with Crippen molar-refractivity contribution in [3.63, 3.8) is 0 Å². The van der Waals surface area contributed by atoms with Crippen LogP contribution >= 0.6 is 0 Å². The number of hydrogen-bond acceptors (Lipinski definition) is 4. The molecule has 0 unspecified atom stereocenters. The molecule has 0 radical (unpaired) electrons. The van der Waals surface area contributed by atoms with Gasteiger partial charge in [-0.3, -0.25) is 0 Å². The quantitative estimate of drug-likeness (QED) is 0.898. The summed E-state index contributed by atoms with van der Waals surface area (Å²) in [4.78, 5) is 2.53. The second-order valence-corrected chi connectivity index (χ2v) is 7.24. The van der Waals surface area contributed by atoms with E-state index in [2.05, 4.69) is 16.7 Å². The summed E-state index contributed by atoms with van der Waals surface area (Å²) in [5, 5.41) is 0. The van der Waals surface area contributed by atoms with Crippen molar-refractivity contribution in [1.29, 1.82) is 0 Å². The molecule has 0 aliphatic carbocycles. The van der Waals surface area contributed by atoms with Crippen LogP contribution in [0.5, 0.6) is 5.75 Å². The third kappa shape index (κ3) is 3.96. The molecular formula is C15H24N2O3S. The van der Waals surface area contributed by atoms with Gasteiger partial charge in [0.05, 0.1) is 12.0 Å². The van der Waals surface area contributed by atoms with Gasteiger partial charge in [-0.25, -0.2) is 13.1 Å². The minimum absolute atomic E-state index is 0.0263. The van der Waals surface area contributed by atoms with Crippen LogP contribution in [0.4, 0.5) is 0 Å². The molecule has 0 amide bonds. The molecule has 1 aromatic rings. The first-order valence-electron chi connectivity index (χ1n) is 7.34. The third-order valence-corrected chi connectivity index (χ3v) is 5.50. The molecule has 1 aliphatic rings. The lowest BCUT2D eigenvalue weighted by molar-refractivity contribution is 0.248. The summed E-state index contributed by atoms with van der Waals surface area (Å²) in [6, 6.07) is 5.06. The van der Waals surface area contributed by atoms with E-state index in [4.69, 9.17) is 4.74 Å². The summed E-state index contributed by atoms with van der Waals surface area (Å²) >= 11 is 0. The van der Waals surface area contributed by atoms with Crippen molar-refractivity contribution in [2.45, 2.75) is 37.1 Å². The lowest BCUT2D eigenvalue weighted by Gasteiger charge is -2.29. The van der Waals surface area contributed by atoms with Crippen LogP contribution < -0.4 is 9.46 Å². The van der Waals surface area contributed by atoms with Gasteiger partial charge < -0.3 is 9.64 Å². The fourth-order valence-electron chi connectivity index (χ4n) is 2.61. The van der Waals surface area contributed by atoms with E-state index >= 15 is 0 Å². The number of methoxy groups -OCH3 is 1. The Morgan fingerprint density at radius 1 is 1.33 bits per heavy atom. The zero-order valence-corrected chi connectivity index (χ0v) is 13.7. The highest BCUT2D eigenvalue weighted by Crippen LogP contribution is 2.23. The van der Waals surface area contributed by atoms with Crippen molar-refractivity contribution < 1.29 is 13.2 Å². The molecule has 0 saturated carbocycles. The SMILES string of the molecule is CCc1cc(S(=O)(=O)NC2CCN(C)CC2)ccc1OC. The Morgan fingerprint density at radius 3 is 2.57 bits per heavy atom. The molecule has 0 spiro atoms. The Kier molecular flexibility index (Phi) is 5.24. The number of piperidine rings is 1. The summed E-state index contributed by atoms with van der Waals surface area (Å²) < 4.78 is 33.0. The molecule has 1 saturated heterocycles. The number of hydrogen-bond donors (Lipinski definition) is 1. The van der Waals surface area contributed by atoms with Gasteiger partial charge >= 0.3 is 0 Å². The number of rotatable bonds is 5. The maximum atomic E-state index is 12.5. The predicted molar refractivity (Wildman–Crippen MR) is 83.2 cm³/mol. The molecule has 1 N–H and O–H groups in total. The average Bonchev–Trinajstić information content (AvgIpc) is 2.48. The van der Waals surface area contributed by atoms with Crippen LogP contribution in [-0.2, 0) is 16.4 Å². The first-order valence-corrected chi connectivity index (χ1v) is 8.82. The van der Waals surface area contributed by atoms with Gasteiger partial charge in [0.15, 0.2) is 0 Å². The highest BCUT2D eigenvalue weighted by atomic mass is 32.2. The molecule has 1 aliphatic heterocycles. The number of aryl methyl sites for hydroxylation is 1. The van der Waals surface area contributed by atoms with Crippen molar-refractivity contribution in [2.24, 2.45) is 0 Å². The molecular weight excluding hydrogens is 288 g/mol. The molecule has 0 aromatic heterocycles. The Balaban J connectivity index is 2.15. The van der Waals surface area contributed by atoms with E-state index in [1.54, 1.807) is 25.3 Å². The first kappa shape index (κ1) is 16.3. The van der Waals surface area contributed by atoms with Crippen molar-refractivity contribution in [3.8, 4) is 5.75 Å². The minimum atomic E-state index is -3.46. The van der Waals surface area contributed by atoms with Crippen molar-refractivity contribution in [3.05, 3.63) is 23.8 Å². The number of likely N-dealkylation sites (tertiary alicyclic amines) is 1. The summed E-state index contributed by atoms with van der Waals surface area (Å²) in [6.45, 7) is 3.84. The summed E-state index contributed by atoms with van der Waals surface area (Å²) in [7, 11) is 0.195. The van der Waals surface area contributed by atoms with Gasteiger partial charge in [0.2, 0.25) is 10.0 Å². The first-order chi connectivity index (χ1) is 9.96. The predicted octanol–water partition coefficient (Wildman–Crippen LogP) is 1.63. The zero-order valence-electron chi connectivity index (χ0n) is 12.9. The number of ether oxygens (including phenoxy) is 1. The van der Waals surface area contributed by atoms with Gasteiger partial charge in [-0.2, -0.15) is 0 Å². The van der Waals surface area contributed by atoms with Gasteiger partial charge in [-0.1, -0.05) is 6.92 Å². The Hall–Kier alpha value is -1.11. The smallest absolute Gasteiger partial charge is 0.240 e. The third-order valence-electron chi connectivity index (χ3n) is 3.98. The van der Waals surface area contributed by atoms with E-state index in [0.717, 1.165) is 43.7 Å². The van der Waals surface area contributed by atoms with Gasteiger partial charge in [-0.15, -0.1) is 0 Å². The number of sulfonamides is 1. The summed E-state index contributed by atoms with van der Waals surface area (Å²) in [5.41, 5.74) is 0.906. The monoisotopic (exact) mass is 312 g/mol. The fraction of sp³-hybridized carbons (Fsp3) is 0.600. The maximum Gasteiger partial charge on any atom is 0.240 e. The molecule has 1 heterocycles. The van der Waals surface area contributed by atoms with Crippen molar-refractivity contribution in [2.75, 3.05) is 27.2 Å². The Morgan fingerprint density at radius 2 is 2.00 bits per heavy atom. The van der Waals surface area contributed by atoms with E-state index in [9.17, 15) is 8.42 Å². The fourth-order valence-corrected chi connectivity index (χ4v) is 3.97. The van der Waals surface area contributed by atoms with Crippen LogP contribution in [0.3, 0.4) is 0 Å². The van der Waals surface area contributed by atoms with E-state index in [0.29, 0.717) is 4.90 Å². The maximum absolute atomic E-state index is 12.5. The van der Waals surface area contributed by atoms with Gasteiger partial charge in [0.1, 0.15) is 5.75 Å². The van der Waals surface area contributed by atoms with Gasteiger partial charge in [0, 0.05) is 6.04 Å². The molecule has 1 fully saturated rings. The van der Waals surface area contributed by atoms with E-state index in [1.807, 2.05) is 6.92 Å². The molecule has 0 bridgehead atoms. The molecule has 21 heavy (non-hydrogen) atoms. The topological polar surface area (TPSA) is 58.6 Å². The highest BCUT2D eigenvalue weighted by Gasteiger charge is 2.23. The number of nitrogens with one attached hydrogen (secondary N) is 1. The lowest BCUT2D eigenvalue weighted by atomic mass is 10.1. The van der Waals surface area contributed by atoms with Gasteiger partial charge in [0.25, 0.3) is 0 Å². The van der Waals surface area contributed by atoms with Crippen LogP contribution in [0.25, 0.3) is 0 Å². The standard InChI is InChI=1S/C15H24N2O3S/c1-4-12-11-14(5-6-15(12)20-3)21(18,19)16-13-7-9-17(2)10-8-13/h5-6,11,13,16H,4,7-10H2,1-3H3. The molecule has 1 aromatic carbocycles. The van der Waals surface area contributed by atoms with Crippen LogP contribution in [0, 0.1) is 0 Å². The van der Waals surface area contributed by atoms with E-state index < -0.39 is 10.0 Å². The Labute approximate surface area is 127 Å². The van der Waals surface area contributed by atoms with Crippen molar-refractivity contribution in [1.82, 2.24) is 9.62 Å². The van der Waals surface area contributed by atoms with Gasteiger partial charge in [-0.05, 0) is 63.2 Å². The second-order valence-electron chi connectivity index (χ2n) is 5.53. The number of benzene rings is 1. The van der Waals surface area contributed by atoms with E-state index in [1.165, 1.54) is 0 Å². The Bertz CT molecular complexity index is 579. The second kappa shape index (κ2) is 6.77. The molecule has 0 atom stereocenters. The number of nitrogens with zero attached hydrogens (tertiary/aromatic N) is 1. The lowest BCUT2D eigenvalue weighted by Crippen LogP contribution is -2.43. The largest absolute Gasteiger partial charge is 0.496 e. The molecule has 118 valence electrons. The van der Waals surface area contributed by atoms with Crippen LogP contribution in [0.1, 0.15) is 25.3 Å². The van der Waals surface area contributed by atoms with Crippen LogP contribution in [0.15, 0.2) is 23.1 Å².